The number of rotatable bonds is 2. The van der Waals surface area contributed by atoms with E-state index in [-0.39, 0.29) is 5.97 Å². The smallest absolute Gasteiger partial charge is 0.354 e. The number of hydrogen-bond donors (Lipinski definition) is 1. The minimum Gasteiger partial charge on any atom is -0.461 e. The largest absolute Gasteiger partial charge is 0.461 e. The summed E-state index contributed by atoms with van der Waals surface area (Å²) in [6.45, 7) is 2.14. The number of hydrogen-bond acceptors (Lipinski definition) is 2. The van der Waals surface area contributed by atoms with Gasteiger partial charge < -0.3 is 9.72 Å². The predicted octanol–water partition coefficient (Wildman–Crippen LogP) is 2.59. The van der Waals surface area contributed by atoms with Crippen LogP contribution >= 0.6 is 0 Å². The predicted molar refractivity (Wildman–Crippen MR) is 69.2 cm³/mol. The van der Waals surface area contributed by atoms with Gasteiger partial charge in [0.15, 0.2) is 0 Å². The first-order valence-electron chi connectivity index (χ1n) is 5.72. The Bertz CT molecular complexity index is 588. The molecule has 18 heavy (non-hydrogen) atoms. The van der Waals surface area contributed by atoms with Gasteiger partial charge in [-0.2, -0.15) is 0 Å². The molecule has 0 atom stereocenters. The van der Waals surface area contributed by atoms with Gasteiger partial charge in [-0.1, -0.05) is 30.0 Å². The lowest BCUT2D eigenvalue weighted by Gasteiger charge is -1.96. The first-order chi connectivity index (χ1) is 8.79. The Kier molecular flexibility index (Phi) is 3.83. The highest BCUT2D eigenvalue weighted by Crippen LogP contribution is 2.04. The third-order valence-corrected chi connectivity index (χ3v) is 2.30. The van der Waals surface area contributed by atoms with E-state index in [1.54, 1.807) is 19.2 Å². The fourth-order valence-electron chi connectivity index (χ4n) is 1.46. The normalized spacial score (nSPS) is 9.39. The Hall–Kier alpha value is -2.47. The van der Waals surface area contributed by atoms with Crippen LogP contribution in [0.3, 0.4) is 0 Å². The van der Waals surface area contributed by atoms with Crippen molar-refractivity contribution in [2.45, 2.75) is 6.92 Å². The molecule has 0 aliphatic rings. The van der Waals surface area contributed by atoms with E-state index >= 15 is 0 Å². The number of esters is 1. The Morgan fingerprint density at radius 2 is 1.94 bits per heavy atom. The zero-order valence-electron chi connectivity index (χ0n) is 10.1. The molecule has 2 rings (SSSR count). The van der Waals surface area contributed by atoms with Gasteiger partial charge in [-0.25, -0.2) is 4.79 Å². The number of carbonyl (C=O) groups is 1. The van der Waals surface area contributed by atoms with E-state index in [0.717, 1.165) is 11.1 Å². The van der Waals surface area contributed by atoms with Crippen molar-refractivity contribution < 1.29 is 9.53 Å². The van der Waals surface area contributed by atoms with E-state index in [0.29, 0.717) is 12.3 Å². The molecule has 0 saturated carbocycles. The van der Waals surface area contributed by atoms with Crippen molar-refractivity contribution in [3.8, 4) is 11.8 Å². The highest BCUT2D eigenvalue weighted by molar-refractivity contribution is 5.87. The Morgan fingerprint density at radius 3 is 2.67 bits per heavy atom. The van der Waals surface area contributed by atoms with Gasteiger partial charge in [0.1, 0.15) is 5.69 Å². The summed E-state index contributed by atoms with van der Waals surface area (Å²) in [7, 11) is 0. The maximum absolute atomic E-state index is 11.4. The molecule has 1 heterocycles. The van der Waals surface area contributed by atoms with Gasteiger partial charge in [0.25, 0.3) is 0 Å². The van der Waals surface area contributed by atoms with Crippen LogP contribution in [0.4, 0.5) is 0 Å². The fraction of sp³-hybridized carbons (Fsp3) is 0.133. The van der Waals surface area contributed by atoms with Crippen LogP contribution in [0.25, 0.3) is 0 Å². The molecular weight excluding hydrogens is 226 g/mol. The van der Waals surface area contributed by atoms with E-state index in [4.69, 9.17) is 4.74 Å². The summed E-state index contributed by atoms with van der Waals surface area (Å²) in [5.74, 6) is 5.66. The van der Waals surface area contributed by atoms with Crippen molar-refractivity contribution in [2.75, 3.05) is 6.61 Å². The first kappa shape index (κ1) is 12.0. The van der Waals surface area contributed by atoms with Gasteiger partial charge in [-0.3, -0.25) is 0 Å². The molecular formula is C15H13NO2. The molecule has 3 nitrogen and oxygen atoms in total. The van der Waals surface area contributed by atoms with Crippen LogP contribution in [-0.2, 0) is 4.74 Å². The van der Waals surface area contributed by atoms with E-state index in [1.807, 2.05) is 30.3 Å². The zero-order valence-corrected chi connectivity index (χ0v) is 10.1. The summed E-state index contributed by atoms with van der Waals surface area (Å²) in [5, 5.41) is 0. The molecule has 0 radical (unpaired) electrons. The second kappa shape index (κ2) is 5.74. The van der Waals surface area contributed by atoms with Crippen molar-refractivity contribution in [3.05, 3.63) is 59.4 Å². The second-order valence-electron chi connectivity index (χ2n) is 3.64. The van der Waals surface area contributed by atoms with Crippen LogP contribution in [0.1, 0.15) is 28.5 Å². The van der Waals surface area contributed by atoms with E-state index in [9.17, 15) is 4.79 Å². The first-order valence-corrected chi connectivity index (χ1v) is 5.72. The van der Waals surface area contributed by atoms with E-state index in [2.05, 4.69) is 16.8 Å². The Labute approximate surface area is 106 Å². The average molecular weight is 239 g/mol. The standard InChI is InChI=1S/C15H13NO2/c1-2-18-15(17)14-10-13(11-16-14)9-8-12-6-4-3-5-7-12/h3-7,10-11,16H,2H2,1H3. The van der Waals surface area contributed by atoms with Crippen molar-refractivity contribution in [1.29, 1.82) is 0 Å². The topological polar surface area (TPSA) is 42.1 Å². The number of aromatic amines is 1. The van der Waals surface area contributed by atoms with Gasteiger partial charge in [0, 0.05) is 17.3 Å². The second-order valence-corrected chi connectivity index (χ2v) is 3.64. The maximum Gasteiger partial charge on any atom is 0.354 e. The molecule has 0 aliphatic heterocycles. The summed E-state index contributed by atoms with van der Waals surface area (Å²) in [5.41, 5.74) is 2.13. The number of ether oxygens (including phenoxy) is 1. The highest BCUT2D eigenvalue weighted by atomic mass is 16.5. The van der Waals surface area contributed by atoms with E-state index in [1.165, 1.54) is 0 Å². The molecule has 90 valence electrons. The van der Waals surface area contributed by atoms with Crippen molar-refractivity contribution >= 4 is 5.97 Å². The zero-order chi connectivity index (χ0) is 12.8. The van der Waals surface area contributed by atoms with E-state index < -0.39 is 0 Å². The quantitative estimate of drug-likeness (QED) is 0.646. The minimum atomic E-state index is -0.356. The summed E-state index contributed by atoms with van der Waals surface area (Å²) >= 11 is 0. The maximum atomic E-state index is 11.4. The summed E-state index contributed by atoms with van der Waals surface area (Å²) in [6.07, 6.45) is 1.70. The molecule has 1 N–H and O–H groups in total. The third-order valence-electron chi connectivity index (χ3n) is 2.30. The third kappa shape index (κ3) is 3.02. The summed E-state index contributed by atoms with van der Waals surface area (Å²) in [6, 6.07) is 11.4. The van der Waals surface area contributed by atoms with Gasteiger partial charge in [-0.05, 0) is 25.1 Å². The Morgan fingerprint density at radius 1 is 1.22 bits per heavy atom. The summed E-state index contributed by atoms with van der Waals surface area (Å²) < 4.78 is 4.89. The highest BCUT2D eigenvalue weighted by Gasteiger charge is 2.07. The van der Waals surface area contributed by atoms with Gasteiger partial charge in [0.2, 0.25) is 0 Å². The molecule has 0 unspecified atom stereocenters. The average Bonchev–Trinajstić information content (AvgIpc) is 2.87. The molecule has 2 aromatic rings. The molecule has 0 spiro atoms. The number of H-pyrrole nitrogens is 1. The van der Waals surface area contributed by atoms with Crippen LogP contribution in [0, 0.1) is 11.8 Å². The number of carbonyl (C=O) groups excluding carboxylic acids is 1. The molecule has 0 bridgehead atoms. The number of nitrogens with one attached hydrogen (secondary N) is 1. The lowest BCUT2D eigenvalue weighted by atomic mass is 10.2. The molecule has 0 aliphatic carbocycles. The van der Waals surface area contributed by atoms with Gasteiger partial charge >= 0.3 is 5.97 Å². The number of benzene rings is 1. The van der Waals surface area contributed by atoms with Crippen LogP contribution in [0.2, 0.25) is 0 Å². The van der Waals surface area contributed by atoms with Crippen molar-refractivity contribution in [3.63, 3.8) is 0 Å². The molecule has 0 saturated heterocycles. The molecule has 0 fully saturated rings. The monoisotopic (exact) mass is 239 g/mol. The van der Waals surface area contributed by atoms with Gasteiger partial charge in [0.05, 0.1) is 6.61 Å². The SMILES string of the molecule is CCOC(=O)c1cc(C#Cc2ccccc2)c[nH]1. The Balaban J connectivity index is 2.12. The van der Waals surface area contributed by atoms with Crippen LogP contribution < -0.4 is 0 Å². The van der Waals surface area contributed by atoms with Crippen LogP contribution in [0.15, 0.2) is 42.6 Å². The van der Waals surface area contributed by atoms with Crippen molar-refractivity contribution in [1.82, 2.24) is 4.98 Å². The molecule has 0 amide bonds. The minimum absolute atomic E-state index is 0.356. The van der Waals surface area contributed by atoms with Crippen LogP contribution in [0.5, 0.6) is 0 Å². The van der Waals surface area contributed by atoms with Gasteiger partial charge in [-0.15, -0.1) is 0 Å². The molecule has 1 aromatic heterocycles. The lowest BCUT2D eigenvalue weighted by Crippen LogP contribution is -2.04. The molecule has 1 aromatic carbocycles. The van der Waals surface area contributed by atoms with Crippen LogP contribution in [-0.4, -0.2) is 17.6 Å². The molecule has 3 heteroatoms. The summed E-state index contributed by atoms with van der Waals surface area (Å²) in [4.78, 5) is 14.3. The lowest BCUT2D eigenvalue weighted by molar-refractivity contribution is 0.0520. The van der Waals surface area contributed by atoms with Crippen molar-refractivity contribution in [2.24, 2.45) is 0 Å². The fourth-order valence-corrected chi connectivity index (χ4v) is 1.46. The number of aromatic nitrogens is 1.